The Morgan fingerprint density at radius 2 is 1.77 bits per heavy atom. The molecule has 0 aromatic rings. The first kappa shape index (κ1) is 9.47. The lowest BCUT2D eigenvalue weighted by atomic mass is 9.61. The van der Waals surface area contributed by atoms with Crippen molar-refractivity contribution < 1.29 is 0 Å². The number of nitrogens with zero attached hydrogens (tertiary/aromatic N) is 1. The average Bonchev–Trinajstić information content (AvgIpc) is 1.78. The Balaban J connectivity index is 1.85. The van der Waals surface area contributed by atoms with Crippen molar-refractivity contribution in [2.45, 2.75) is 45.2 Å². The molecular weight excluding hydrogens is 160 g/mol. The number of hydrogen-bond acceptors (Lipinski definition) is 2. The molecule has 2 aliphatic rings. The molecule has 76 valence electrons. The highest BCUT2D eigenvalue weighted by molar-refractivity contribution is 5.06. The molecule has 0 atom stereocenters. The monoisotopic (exact) mass is 182 g/mol. The zero-order chi connectivity index (χ0) is 9.69. The summed E-state index contributed by atoms with van der Waals surface area (Å²) in [5, 5.41) is 3.38. The molecule has 0 bridgehead atoms. The summed E-state index contributed by atoms with van der Waals surface area (Å²) in [6.45, 7) is 9.44. The predicted molar refractivity (Wildman–Crippen MR) is 55.8 cm³/mol. The molecule has 2 heteroatoms. The Hall–Kier alpha value is -0.0800. The Morgan fingerprint density at radius 3 is 2.08 bits per heavy atom. The van der Waals surface area contributed by atoms with E-state index in [-0.39, 0.29) is 0 Å². The second-order valence-electron chi connectivity index (χ2n) is 5.95. The van der Waals surface area contributed by atoms with Crippen molar-refractivity contribution in [2.75, 3.05) is 20.1 Å². The highest BCUT2D eigenvalue weighted by atomic mass is 15.2. The zero-order valence-electron chi connectivity index (χ0n) is 9.35. The molecule has 1 saturated heterocycles. The first-order valence-electron chi connectivity index (χ1n) is 5.37. The van der Waals surface area contributed by atoms with E-state index >= 15 is 0 Å². The highest BCUT2D eigenvalue weighted by Crippen LogP contribution is 2.47. The maximum Gasteiger partial charge on any atom is 0.0124 e. The van der Waals surface area contributed by atoms with Gasteiger partial charge in [-0.05, 0) is 46.1 Å². The van der Waals surface area contributed by atoms with E-state index in [1.54, 1.807) is 0 Å². The molecule has 0 unspecified atom stereocenters. The van der Waals surface area contributed by atoms with E-state index in [9.17, 15) is 0 Å². The van der Waals surface area contributed by atoms with Crippen LogP contribution in [0.1, 0.15) is 33.6 Å². The largest absolute Gasteiger partial charge is 0.316 e. The van der Waals surface area contributed by atoms with Crippen molar-refractivity contribution in [3.63, 3.8) is 0 Å². The third-order valence-corrected chi connectivity index (χ3v) is 3.94. The fraction of sp³-hybridized carbons (Fsp3) is 1.00. The van der Waals surface area contributed by atoms with Gasteiger partial charge in [0, 0.05) is 24.7 Å². The second kappa shape index (κ2) is 2.71. The van der Waals surface area contributed by atoms with Gasteiger partial charge >= 0.3 is 0 Å². The van der Waals surface area contributed by atoms with Gasteiger partial charge in [-0.15, -0.1) is 0 Å². The SMILES string of the molecule is CN(C1CC2(CNC2)C1)C(C)(C)C. The molecule has 1 aliphatic carbocycles. The third kappa shape index (κ3) is 1.50. The predicted octanol–water partition coefficient (Wildman–Crippen LogP) is 1.47. The molecule has 0 aromatic carbocycles. The molecule has 1 N–H and O–H groups in total. The lowest BCUT2D eigenvalue weighted by molar-refractivity contribution is -0.0552. The van der Waals surface area contributed by atoms with Crippen LogP contribution in [0.15, 0.2) is 0 Å². The standard InChI is InChI=1S/C11H22N2/c1-10(2,3)13(4)9-5-11(6-9)7-12-8-11/h9,12H,5-8H2,1-4H3. The fourth-order valence-electron chi connectivity index (χ4n) is 2.53. The van der Waals surface area contributed by atoms with Crippen LogP contribution in [0.4, 0.5) is 0 Å². The average molecular weight is 182 g/mol. The van der Waals surface area contributed by atoms with E-state index in [4.69, 9.17) is 0 Å². The maximum atomic E-state index is 3.38. The van der Waals surface area contributed by atoms with E-state index < -0.39 is 0 Å². The molecule has 1 saturated carbocycles. The second-order valence-corrected chi connectivity index (χ2v) is 5.95. The maximum absolute atomic E-state index is 3.38. The first-order chi connectivity index (χ1) is 5.93. The number of rotatable bonds is 1. The lowest BCUT2D eigenvalue weighted by Gasteiger charge is -2.58. The van der Waals surface area contributed by atoms with Gasteiger partial charge in [-0.1, -0.05) is 0 Å². The van der Waals surface area contributed by atoms with Crippen LogP contribution in [0, 0.1) is 5.41 Å². The van der Waals surface area contributed by atoms with Crippen LogP contribution in [0.5, 0.6) is 0 Å². The van der Waals surface area contributed by atoms with Crippen LogP contribution in [-0.2, 0) is 0 Å². The van der Waals surface area contributed by atoms with Crippen molar-refractivity contribution in [1.29, 1.82) is 0 Å². The Labute approximate surface area is 81.7 Å². The summed E-state index contributed by atoms with van der Waals surface area (Å²) in [6.07, 6.45) is 2.82. The topological polar surface area (TPSA) is 15.3 Å². The van der Waals surface area contributed by atoms with Crippen LogP contribution in [0.2, 0.25) is 0 Å². The summed E-state index contributed by atoms with van der Waals surface area (Å²) in [6, 6.07) is 0.835. The fourth-order valence-corrected chi connectivity index (χ4v) is 2.53. The lowest BCUT2D eigenvalue weighted by Crippen LogP contribution is -2.66. The van der Waals surface area contributed by atoms with Gasteiger partial charge in [-0.25, -0.2) is 0 Å². The molecule has 0 amide bonds. The number of nitrogens with one attached hydrogen (secondary N) is 1. The normalized spacial score (nSPS) is 27.5. The van der Waals surface area contributed by atoms with Crippen LogP contribution in [-0.4, -0.2) is 36.6 Å². The van der Waals surface area contributed by atoms with E-state index in [0.29, 0.717) is 11.0 Å². The molecule has 0 radical (unpaired) electrons. The smallest absolute Gasteiger partial charge is 0.0124 e. The molecule has 1 heterocycles. The minimum atomic E-state index is 0.337. The van der Waals surface area contributed by atoms with Crippen LogP contribution in [0.3, 0.4) is 0 Å². The van der Waals surface area contributed by atoms with E-state index in [0.717, 1.165) is 6.04 Å². The Morgan fingerprint density at radius 1 is 1.23 bits per heavy atom. The van der Waals surface area contributed by atoms with Gasteiger partial charge in [0.2, 0.25) is 0 Å². The van der Waals surface area contributed by atoms with Crippen LogP contribution in [0.25, 0.3) is 0 Å². The van der Waals surface area contributed by atoms with Gasteiger partial charge in [-0.2, -0.15) is 0 Å². The Kier molecular flexibility index (Phi) is 1.97. The van der Waals surface area contributed by atoms with Gasteiger partial charge in [0.05, 0.1) is 0 Å². The number of hydrogen-bond donors (Lipinski definition) is 1. The van der Waals surface area contributed by atoms with Gasteiger partial charge in [0.15, 0.2) is 0 Å². The van der Waals surface area contributed by atoms with E-state index in [2.05, 4.69) is 38.0 Å². The molecule has 1 spiro atoms. The van der Waals surface area contributed by atoms with Gasteiger partial charge in [0.1, 0.15) is 0 Å². The van der Waals surface area contributed by atoms with E-state index in [1.807, 2.05) is 0 Å². The molecule has 0 aromatic heterocycles. The summed E-state index contributed by atoms with van der Waals surface area (Å²) >= 11 is 0. The van der Waals surface area contributed by atoms with Crippen LogP contribution < -0.4 is 5.32 Å². The van der Waals surface area contributed by atoms with Crippen molar-refractivity contribution in [2.24, 2.45) is 5.41 Å². The highest BCUT2D eigenvalue weighted by Gasteiger charge is 2.50. The van der Waals surface area contributed by atoms with Crippen molar-refractivity contribution in [1.82, 2.24) is 10.2 Å². The van der Waals surface area contributed by atoms with Gasteiger partial charge in [0.25, 0.3) is 0 Å². The van der Waals surface area contributed by atoms with Gasteiger partial charge in [-0.3, -0.25) is 4.90 Å². The molecule has 2 fully saturated rings. The molecule has 2 nitrogen and oxygen atoms in total. The minimum Gasteiger partial charge on any atom is -0.316 e. The van der Waals surface area contributed by atoms with Gasteiger partial charge < -0.3 is 5.32 Å². The Bertz CT molecular complexity index is 193. The third-order valence-electron chi connectivity index (χ3n) is 3.94. The first-order valence-corrected chi connectivity index (χ1v) is 5.37. The summed E-state index contributed by atoms with van der Waals surface area (Å²) in [4.78, 5) is 2.54. The summed E-state index contributed by atoms with van der Waals surface area (Å²) < 4.78 is 0. The van der Waals surface area contributed by atoms with E-state index in [1.165, 1.54) is 25.9 Å². The van der Waals surface area contributed by atoms with Crippen LogP contribution >= 0.6 is 0 Å². The zero-order valence-corrected chi connectivity index (χ0v) is 9.35. The minimum absolute atomic E-state index is 0.337. The van der Waals surface area contributed by atoms with Crippen molar-refractivity contribution in [3.05, 3.63) is 0 Å². The molecule has 1 aliphatic heterocycles. The summed E-state index contributed by atoms with van der Waals surface area (Å²) in [5.74, 6) is 0. The van der Waals surface area contributed by atoms with Crippen molar-refractivity contribution >= 4 is 0 Å². The molecule has 2 rings (SSSR count). The molecule has 13 heavy (non-hydrogen) atoms. The quantitative estimate of drug-likeness (QED) is 0.660. The summed E-state index contributed by atoms with van der Waals surface area (Å²) in [7, 11) is 2.27. The summed E-state index contributed by atoms with van der Waals surface area (Å²) in [5.41, 5.74) is 1.05. The molecular formula is C11H22N2. The van der Waals surface area contributed by atoms with Crippen molar-refractivity contribution in [3.8, 4) is 0 Å².